The third-order valence-corrected chi connectivity index (χ3v) is 5.75. The molecule has 4 atom stereocenters. The molecular weight excluding hydrogens is 316 g/mol. The molecule has 2 aliphatic rings. The molecular formula is C19H24N4O2. The molecule has 2 saturated carbocycles. The first-order chi connectivity index (χ1) is 12.2. The number of hydrogen-bond acceptors (Lipinski definition) is 5. The second-order valence-electron chi connectivity index (χ2n) is 7.42. The first-order valence-corrected chi connectivity index (χ1v) is 9.22. The normalized spacial score (nSPS) is 25.9. The molecule has 2 aromatic rings. The van der Waals surface area contributed by atoms with Crippen LogP contribution in [0.4, 0.5) is 0 Å². The third-order valence-electron chi connectivity index (χ3n) is 5.75. The lowest BCUT2D eigenvalue weighted by Gasteiger charge is -2.28. The molecule has 0 aliphatic heterocycles. The third kappa shape index (κ3) is 3.57. The van der Waals surface area contributed by atoms with Crippen LogP contribution in [0.25, 0.3) is 11.5 Å². The molecule has 2 aliphatic carbocycles. The monoisotopic (exact) mass is 340 g/mol. The number of fused-ring (bicyclic) bond motifs is 2. The average molecular weight is 340 g/mol. The van der Waals surface area contributed by atoms with Crippen molar-refractivity contribution in [1.82, 2.24) is 20.4 Å². The van der Waals surface area contributed by atoms with Crippen LogP contribution >= 0.6 is 0 Å². The summed E-state index contributed by atoms with van der Waals surface area (Å²) in [5.74, 6) is 3.37. The molecule has 0 saturated heterocycles. The Labute approximate surface area is 147 Å². The highest BCUT2D eigenvalue weighted by atomic mass is 16.5. The number of nitrogens with zero attached hydrogens (tertiary/aromatic N) is 3. The zero-order chi connectivity index (χ0) is 17.2. The number of carbonyl (C=O) groups is 1. The van der Waals surface area contributed by atoms with E-state index in [1.165, 1.54) is 25.7 Å². The van der Waals surface area contributed by atoms with Crippen LogP contribution in [0.1, 0.15) is 44.9 Å². The van der Waals surface area contributed by atoms with Gasteiger partial charge < -0.3 is 9.84 Å². The van der Waals surface area contributed by atoms with Crippen molar-refractivity contribution in [3.05, 3.63) is 30.3 Å². The van der Waals surface area contributed by atoms with Crippen molar-refractivity contribution in [3.8, 4) is 11.5 Å². The smallest absolute Gasteiger partial charge is 0.227 e. The molecule has 6 heteroatoms. The number of aryl methyl sites for hydroxylation is 1. The van der Waals surface area contributed by atoms with E-state index in [1.54, 1.807) is 6.20 Å². The van der Waals surface area contributed by atoms with Gasteiger partial charge in [-0.05, 0) is 56.1 Å². The fourth-order valence-electron chi connectivity index (χ4n) is 4.52. The molecule has 4 rings (SSSR count). The predicted octanol–water partition coefficient (Wildman–Crippen LogP) is 3.01. The minimum atomic E-state index is 0.0628. The Morgan fingerprint density at radius 3 is 3.00 bits per heavy atom. The number of aromatic nitrogens is 3. The van der Waals surface area contributed by atoms with E-state index in [9.17, 15) is 4.79 Å². The van der Waals surface area contributed by atoms with Gasteiger partial charge in [0, 0.05) is 25.1 Å². The summed E-state index contributed by atoms with van der Waals surface area (Å²) >= 11 is 0. The highest BCUT2D eigenvalue weighted by Crippen LogP contribution is 2.49. The van der Waals surface area contributed by atoms with Gasteiger partial charge in [-0.3, -0.25) is 9.78 Å². The Morgan fingerprint density at radius 2 is 2.28 bits per heavy atom. The van der Waals surface area contributed by atoms with E-state index < -0.39 is 0 Å². The first-order valence-electron chi connectivity index (χ1n) is 9.22. The number of pyridine rings is 1. The summed E-state index contributed by atoms with van der Waals surface area (Å²) in [7, 11) is 0. The molecule has 132 valence electrons. The lowest BCUT2D eigenvalue weighted by atomic mass is 9.84. The minimum Gasteiger partial charge on any atom is -0.353 e. The molecule has 0 unspecified atom stereocenters. The maximum atomic E-state index is 12.3. The summed E-state index contributed by atoms with van der Waals surface area (Å²) in [6, 6.07) is 5.81. The van der Waals surface area contributed by atoms with Crippen LogP contribution in [0.2, 0.25) is 0 Å². The summed E-state index contributed by atoms with van der Waals surface area (Å²) < 4.78 is 5.23. The standard InChI is InChI=1S/C19H24N4O2/c1-12(15-11-13-5-6-14(15)10-13)21-17(24)7-8-18-22-19(23-25-18)16-4-2-3-9-20-16/h2-4,9,12-15H,5-8,10-11H2,1H3,(H,21,24)/t12-,13+,14+,15-/m1/s1. The summed E-state index contributed by atoms with van der Waals surface area (Å²) in [5, 5.41) is 7.11. The van der Waals surface area contributed by atoms with Crippen LogP contribution < -0.4 is 5.32 Å². The Morgan fingerprint density at radius 1 is 1.36 bits per heavy atom. The van der Waals surface area contributed by atoms with Crippen molar-refractivity contribution in [1.29, 1.82) is 0 Å². The maximum absolute atomic E-state index is 12.3. The van der Waals surface area contributed by atoms with Crippen molar-refractivity contribution in [2.24, 2.45) is 17.8 Å². The highest BCUT2D eigenvalue weighted by molar-refractivity contribution is 5.76. The maximum Gasteiger partial charge on any atom is 0.227 e. The molecule has 2 fully saturated rings. The first kappa shape index (κ1) is 16.2. The second kappa shape index (κ2) is 6.94. The Balaban J connectivity index is 1.27. The molecule has 0 aromatic carbocycles. The van der Waals surface area contributed by atoms with E-state index in [0.29, 0.717) is 36.2 Å². The average Bonchev–Trinajstić information content (AvgIpc) is 3.37. The quantitative estimate of drug-likeness (QED) is 0.874. The van der Waals surface area contributed by atoms with Gasteiger partial charge in [-0.25, -0.2) is 0 Å². The van der Waals surface area contributed by atoms with Crippen LogP contribution in [-0.4, -0.2) is 27.1 Å². The Kier molecular flexibility index (Phi) is 4.51. The van der Waals surface area contributed by atoms with Crippen LogP contribution in [0.15, 0.2) is 28.9 Å². The zero-order valence-electron chi connectivity index (χ0n) is 14.5. The summed E-state index contributed by atoms with van der Waals surface area (Å²) in [5.41, 5.74) is 0.673. The molecule has 0 radical (unpaired) electrons. The van der Waals surface area contributed by atoms with Gasteiger partial charge in [0.15, 0.2) is 0 Å². The lowest BCUT2D eigenvalue weighted by Crippen LogP contribution is -2.40. The Hall–Kier alpha value is -2.24. The van der Waals surface area contributed by atoms with E-state index in [1.807, 2.05) is 18.2 Å². The van der Waals surface area contributed by atoms with Gasteiger partial charge in [-0.1, -0.05) is 17.6 Å². The largest absolute Gasteiger partial charge is 0.353 e. The van der Waals surface area contributed by atoms with Crippen LogP contribution in [0.5, 0.6) is 0 Å². The van der Waals surface area contributed by atoms with Gasteiger partial charge in [0.2, 0.25) is 17.6 Å². The van der Waals surface area contributed by atoms with E-state index in [0.717, 1.165) is 11.8 Å². The van der Waals surface area contributed by atoms with Gasteiger partial charge in [-0.15, -0.1) is 0 Å². The van der Waals surface area contributed by atoms with Crippen LogP contribution in [0.3, 0.4) is 0 Å². The lowest BCUT2D eigenvalue weighted by molar-refractivity contribution is -0.122. The molecule has 0 spiro atoms. The number of rotatable bonds is 6. The van der Waals surface area contributed by atoms with Gasteiger partial charge in [-0.2, -0.15) is 4.98 Å². The highest BCUT2D eigenvalue weighted by Gasteiger charge is 2.42. The topological polar surface area (TPSA) is 80.9 Å². The Bertz CT molecular complexity index is 730. The number of amides is 1. The molecule has 6 nitrogen and oxygen atoms in total. The van der Waals surface area contributed by atoms with Crippen molar-refractivity contribution in [2.75, 3.05) is 0 Å². The SMILES string of the molecule is C[C@@H](NC(=O)CCc1nc(-c2ccccn2)no1)[C@H]1C[C@H]2CC[C@H]1C2. The van der Waals surface area contributed by atoms with Crippen molar-refractivity contribution in [2.45, 2.75) is 51.5 Å². The fourth-order valence-corrected chi connectivity index (χ4v) is 4.52. The van der Waals surface area contributed by atoms with Gasteiger partial charge >= 0.3 is 0 Å². The van der Waals surface area contributed by atoms with Gasteiger partial charge in [0.25, 0.3) is 0 Å². The molecule has 1 N–H and O–H groups in total. The van der Waals surface area contributed by atoms with E-state index in [4.69, 9.17) is 4.52 Å². The number of hydrogen-bond donors (Lipinski definition) is 1. The second-order valence-corrected chi connectivity index (χ2v) is 7.42. The number of carbonyl (C=O) groups excluding carboxylic acids is 1. The van der Waals surface area contributed by atoms with Gasteiger partial charge in [0.1, 0.15) is 5.69 Å². The molecule has 2 aromatic heterocycles. The molecule has 25 heavy (non-hydrogen) atoms. The van der Waals surface area contributed by atoms with E-state index in [-0.39, 0.29) is 11.9 Å². The molecule has 2 heterocycles. The van der Waals surface area contributed by atoms with Crippen molar-refractivity contribution in [3.63, 3.8) is 0 Å². The zero-order valence-corrected chi connectivity index (χ0v) is 14.5. The minimum absolute atomic E-state index is 0.0628. The van der Waals surface area contributed by atoms with Crippen LogP contribution in [-0.2, 0) is 11.2 Å². The predicted molar refractivity (Wildman–Crippen MR) is 92.4 cm³/mol. The van der Waals surface area contributed by atoms with Gasteiger partial charge in [0.05, 0.1) is 0 Å². The van der Waals surface area contributed by atoms with E-state index >= 15 is 0 Å². The van der Waals surface area contributed by atoms with Crippen molar-refractivity contribution >= 4 is 5.91 Å². The summed E-state index contributed by atoms with van der Waals surface area (Å²) in [6.07, 6.45) is 7.89. The van der Waals surface area contributed by atoms with Crippen LogP contribution in [0, 0.1) is 17.8 Å². The summed E-state index contributed by atoms with van der Waals surface area (Å²) in [6.45, 7) is 2.15. The number of nitrogens with one attached hydrogen (secondary N) is 1. The summed E-state index contributed by atoms with van der Waals surface area (Å²) in [4.78, 5) is 20.8. The fraction of sp³-hybridized carbons (Fsp3) is 0.579. The van der Waals surface area contributed by atoms with E-state index in [2.05, 4.69) is 27.4 Å². The van der Waals surface area contributed by atoms with Crippen molar-refractivity contribution < 1.29 is 9.32 Å². The molecule has 1 amide bonds. The molecule has 2 bridgehead atoms.